The van der Waals surface area contributed by atoms with Crippen molar-refractivity contribution in [3.8, 4) is 0 Å². The van der Waals surface area contributed by atoms with Gasteiger partial charge in [-0.25, -0.2) is 8.42 Å². The first-order chi connectivity index (χ1) is 13.5. The molecule has 0 unspecified atom stereocenters. The van der Waals surface area contributed by atoms with E-state index in [4.69, 9.17) is 9.15 Å². The molecule has 8 nitrogen and oxygen atoms in total. The summed E-state index contributed by atoms with van der Waals surface area (Å²) >= 11 is 0. The summed E-state index contributed by atoms with van der Waals surface area (Å²) in [7, 11) is -2.45. The minimum absolute atomic E-state index is 0.0501. The monoisotopic (exact) mass is 403 g/mol. The van der Waals surface area contributed by atoms with Crippen LogP contribution in [0.25, 0.3) is 10.8 Å². The lowest BCUT2D eigenvalue weighted by Crippen LogP contribution is -2.42. The number of nitrogens with one attached hydrogen (secondary N) is 1. The van der Waals surface area contributed by atoms with Gasteiger partial charge in [0.1, 0.15) is 5.76 Å². The molecular formula is C19H21N3O5S. The van der Waals surface area contributed by atoms with Crippen LogP contribution in [0.4, 0.5) is 0 Å². The van der Waals surface area contributed by atoms with Crippen LogP contribution in [0.15, 0.2) is 64.4 Å². The summed E-state index contributed by atoms with van der Waals surface area (Å²) in [6, 6.07) is 10.1. The van der Waals surface area contributed by atoms with Crippen LogP contribution in [0.2, 0.25) is 0 Å². The third-order valence-electron chi connectivity index (χ3n) is 4.16. The van der Waals surface area contributed by atoms with E-state index in [1.165, 1.54) is 25.6 Å². The van der Waals surface area contributed by atoms with Gasteiger partial charge in [-0.15, -0.1) is 0 Å². The second-order valence-corrected chi connectivity index (χ2v) is 7.95. The number of rotatable bonds is 9. The van der Waals surface area contributed by atoms with E-state index in [2.05, 4.69) is 10.3 Å². The van der Waals surface area contributed by atoms with Crippen molar-refractivity contribution in [2.24, 2.45) is 0 Å². The van der Waals surface area contributed by atoms with Crippen molar-refractivity contribution in [2.75, 3.05) is 26.8 Å². The first kappa shape index (κ1) is 20.0. The molecule has 2 aromatic heterocycles. The van der Waals surface area contributed by atoms with Crippen molar-refractivity contribution in [3.05, 3.63) is 60.8 Å². The summed E-state index contributed by atoms with van der Waals surface area (Å²) in [5, 5.41) is 3.92. The van der Waals surface area contributed by atoms with Gasteiger partial charge < -0.3 is 14.5 Å². The molecule has 28 heavy (non-hydrogen) atoms. The topological polar surface area (TPSA) is 102 Å². The highest BCUT2D eigenvalue weighted by molar-refractivity contribution is 7.89. The third-order valence-corrected chi connectivity index (χ3v) is 6.07. The van der Waals surface area contributed by atoms with E-state index in [0.29, 0.717) is 16.5 Å². The number of hydrogen-bond donors (Lipinski definition) is 1. The highest BCUT2D eigenvalue weighted by Gasteiger charge is 2.28. The highest BCUT2D eigenvalue weighted by Crippen LogP contribution is 2.25. The predicted molar refractivity (Wildman–Crippen MR) is 103 cm³/mol. The highest BCUT2D eigenvalue weighted by atomic mass is 32.2. The molecule has 0 bridgehead atoms. The molecule has 1 N–H and O–H groups in total. The van der Waals surface area contributed by atoms with Gasteiger partial charge >= 0.3 is 0 Å². The molecular weight excluding hydrogens is 382 g/mol. The SMILES string of the molecule is COCCN(CC(=O)NCc1ccco1)S(=O)(=O)c1cccc2cnccc12. The Labute approximate surface area is 163 Å². The molecule has 0 fully saturated rings. The predicted octanol–water partition coefficient (Wildman–Crippen LogP) is 1.78. The Morgan fingerprint density at radius 3 is 2.86 bits per heavy atom. The molecule has 3 aromatic rings. The number of carbonyl (C=O) groups is 1. The number of fused-ring (bicyclic) bond motifs is 1. The Morgan fingerprint density at radius 2 is 2.11 bits per heavy atom. The third kappa shape index (κ3) is 4.56. The molecule has 2 heterocycles. The number of hydrogen-bond acceptors (Lipinski definition) is 6. The number of ether oxygens (including phenoxy) is 1. The Morgan fingerprint density at radius 1 is 1.25 bits per heavy atom. The molecule has 1 aromatic carbocycles. The van der Waals surface area contributed by atoms with Crippen molar-refractivity contribution in [1.82, 2.24) is 14.6 Å². The largest absolute Gasteiger partial charge is 0.467 e. The van der Waals surface area contributed by atoms with E-state index in [1.54, 1.807) is 36.5 Å². The van der Waals surface area contributed by atoms with E-state index >= 15 is 0 Å². The maximum Gasteiger partial charge on any atom is 0.244 e. The normalized spacial score (nSPS) is 11.8. The first-order valence-corrected chi connectivity index (χ1v) is 10.1. The van der Waals surface area contributed by atoms with Gasteiger partial charge in [0.2, 0.25) is 15.9 Å². The number of pyridine rings is 1. The van der Waals surface area contributed by atoms with Gasteiger partial charge in [-0.1, -0.05) is 12.1 Å². The zero-order chi connectivity index (χ0) is 20.0. The van der Waals surface area contributed by atoms with E-state index in [0.717, 1.165) is 4.31 Å². The Kier molecular flexibility index (Phi) is 6.40. The summed E-state index contributed by atoms with van der Waals surface area (Å²) in [6.45, 7) is 0.0727. The number of aromatic nitrogens is 1. The molecule has 0 saturated heterocycles. The Bertz CT molecular complexity index is 1030. The number of nitrogens with zero attached hydrogens (tertiary/aromatic N) is 2. The maximum atomic E-state index is 13.3. The molecule has 0 saturated carbocycles. The summed E-state index contributed by atoms with van der Waals surface area (Å²) in [5.41, 5.74) is 0. The molecule has 3 rings (SSSR count). The lowest BCUT2D eigenvalue weighted by Gasteiger charge is -2.22. The average Bonchev–Trinajstić information content (AvgIpc) is 3.22. The Hall–Kier alpha value is -2.75. The molecule has 0 aliphatic carbocycles. The lowest BCUT2D eigenvalue weighted by molar-refractivity contribution is -0.121. The minimum atomic E-state index is -3.93. The standard InChI is InChI=1S/C19H21N3O5S/c1-26-11-9-22(14-19(23)21-13-16-5-3-10-27-16)28(24,25)18-6-2-4-15-12-20-8-7-17(15)18/h2-8,10,12H,9,11,13-14H2,1H3,(H,21,23). The van der Waals surface area contributed by atoms with Crippen LogP contribution in [-0.2, 0) is 26.1 Å². The summed E-state index contributed by atoms with van der Waals surface area (Å²) in [4.78, 5) is 16.5. The molecule has 148 valence electrons. The van der Waals surface area contributed by atoms with E-state index in [1.807, 2.05) is 0 Å². The van der Waals surface area contributed by atoms with Gasteiger partial charge in [-0.2, -0.15) is 4.31 Å². The lowest BCUT2D eigenvalue weighted by atomic mass is 10.2. The second-order valence-electron chi connectivity index (χ2n) is 6.04. The van der Waals surface area contributed by atoms with Gasteiger partial charge in [-0.3, -0.25) is 9.78 Å². The van der Waals surface area contributed by atoms with E-state index in [9.17, 15) is 13.2 Å². The first-order valence-electron chi connectivity index (χ1n) is 8.63. The van der Waals surface area contributed by atoms with Gasteiger partial charge in [-0.05, 0) is 24.3 Å². The molecule has 0 aliphatic heterocycles. The van der Waals surface area contributed by atoms with Crippen molar-refractivity contribution in [2.45, 2.75) is 11.4 Å². The van der Waals surface area contributed by atoms with Crippen LogP contribution in [0.5, 0.6) is 0 Å². The molecule has 1 amide bonds. The molecule has 0 radical (unpaired) electrons. The van der Waals surface area contributed by atoms with Crippen molar-refractivity contribution in [1.29, 1.82) is 0 Å². The number of benzene rings is 1. The number of sulfonamides is 1. The van der Waals surface area contributed by atoms with Crippen LogP contribution < -0.4 is 5.32 Å². The van der Waals surface area contributed by atoms with Crippen LogP contribution in [0.1, 0.15) is 5.76 Å². The maximum absolute atomic E-state index is 13.3. The van der Waals surface area contributed by atoms with E-state index < -0.39 is 15.9 Å². The number of amides is 1. The van der Waals surface area contributed by atoms with Crippen LogP contribution in [-0.4, -0.2) is 50.4 Å². The molecule has 9 heteroatoms. The quantitative estimate of drug-likeness (QED) is 0.584. The van der Waals surface area contributed by atoms with Crippen LogP contribution in [0, 0.1) is 0 Å². The van der Waals surface area contributed by atoms with Crippen LogP contribution >= 0.6 is 0 Å². The summed E-state index contributed by atoms with van der Waals surface area (Å²) in [6.07, 6.45) is 4.65. The Balaban J connectivity index is 1.83. The van der Waals surface area contributed by atoms with Gasteiger partial charge in [0.05, 0.1) is 30.9 Å². The number of carbonyl (C=O) groups excluding carboxylic acids is 1. The van der Waals surface area contributed by atoms with Crippen molar-refractivity contribution in [3.63, 3.8) is 0 Å². The fraction of sp³-hybridized carbons (Fsp3) is 0.263. The summed E-state index contributed by atoms with van der Waals surface area (Å²) in [5.74, 6) is 0.152. The van der Waals surface area contributed by atoms with Crippen molar-refractivity contribution >= 4 is 26.7 Å². The van der Waals surface area contributed by atoms with Gasteiger partial charge in [0.25, 0.3) is 0 Å². The fourth-order valence-electron chi connectivity index (χ4n) is 2.75. The summed E-state index contributed by atoms with van der Waals surface area (Å²) < 4.78 is 37.9. The molecule has 0 atom stereocenters. The van der Waals surface area contributed by atoms with E-state index in [-0.39, 0.29) is 31.1 Å². The minimum Gasteiger partial charge on any atom is -0.467 e. The zero-order valence-electron chi connectivity index (χ0n) is 15.4. The van der Waals surface area contributed by atoms with Gasteiger partial charge in [0, 0.05) is 36.8 Å². The zero-order valence-corrected chi connectivity index (χ0v) is 16.2. The van der Waals surface area contributed by atoms with Crippen molar-refractivity contribution < 1.29 is 22.4 Å². The molecule has 0 aliphatic rings. The van der Waals surface area contributed by atoms with Gasteiger partial charge in [0.15, 0.2) is 0 Å². The van der Waals surface area contributed by atoms with Crippen LogP contribution in [0.3, 0.4) is 0 Å². The number of methoxy groups -OCH3 is 1. The average molecular weight is 403 g/mol. The molecule has 0 spiro atoms. The number of furan rings is 1. The second kappa shape index (κ2) is 8.96. The fourth-order valence-corrected chi connectivity index (χ4v) is 4.34. The smallest absolute Gasteiger partial charge is 0.244 e.